The van der Waals surface area contributed by atoms with Gasteiger partial charge in [0.1, 0.15) is 0 Å². The minimum atomic E-state index is -0.0477. The Morgan fingerprint density at radius 2 is 1.12 bits per heavy atom. The van der Waals surface area contributed by atoms with Gasteiger partial charge in [-0.1, -0.05) is 134 Å². The second-order valence-electron chi connectivity index (χ2n) is 10.9. The number of hydrogen-bond acceptors (Lipinski definition) is 1. The lowest BCUT2D eigenvalue weighted by atomic mass is 10.0. The van der Waals surface area contributed by atoms with E-state index in [0.717, 1.165) is 19.4 Å². The maximum atomic E-state index is 12.8. The second-order valence-corrected chi connectivity index (χ2v) is 10.9. The van der Waals surface area contributed by atoms with Gasteiger partial charge >= 0.3 is 0 Å². The molecule has 0 bridgehead atoms. The number of rotatable bonds is 21. The molecule has 0 unspecified atom stereocenters. The standard InChI is InChI=1S/C30H54N2O/c1-5-6-7-8-9-10-11-12-13-14-15-16-17-18-19-23-26-31-30(33)29(32(2,3)4)27-28-24-21-20-22-25-28/h20-22,24-25,29H,5-19,23,26-27H2,1-4H3/p+1/t29-/m1/s1. The number of likely N-dealkylation sites (N-methyl/N-ethyl adjacent to an activating group) is 1. The largest absolute Gasteiger partial charge is 0.351 e. The topological polar surface area (TPSA) is 29.1 Å². The Labute approximate surface area is 206 Å². The molecule has 0 aromatic heterocycles. The highest BCUT2D eigenvalue weighted by atomic mass is 16.2. The van der Waals surface area contributed by atoms with E-state index in [4.69, 9.17) is 0 Å². The van der Waals surface area contributed by atoms with Gasteiger partial charge in [0.2, 0.25) is 0 Å². The lowest BCUT2D eigenvalue weighted by Crippen LogP contribution is -2.55. The van der Waals surface area contributed by atoms with Gasteiger partial charge in [0, 0.05) is 13.0 Å². The molecule has 0 spiro atoms. The monoisotopic (exact) mass is 459 g/mol. The molecular formula is C30H55N2O+. The van der Waals surface area contributed by atoms with Gasteiger partial charge in [-0.05, 0) is 12.0 Å². The van der Waals surface area contributed by atoms with Gasteiger partial charge in [0.15, 0.2) is 6.04 Å². The van der Waals surface area contributed by atoms with Crippen LogP contribution in [-0.4, -0.2) is 44.1 Å². The molecule has 1 atom stereocenters. The fourth-order valence-corrected chi connectivity index (χ4v) is 4.56. The van der Waals surface area contributed by atoms with E-state index in [1.54, 1.807) is 0 Å². The number of quaternary nitrogens is 1. The number of benzene rings is 1. The summed E-state index contributed by atoms with van der Waals surface area (Å²) in [7, 11) is 6.34. The molecule has 1 N–H and O–H groups in total. The molecule has 0 aliphatic heterocycles. The average Bonchev–Trinajstić information content (AvgIpc) is 2.79. The molecule has 0 fully saturated rings. The van der Waals surface area contributed by atoms with Crippen LogP contribution in [0.1, 0.15) is 115 Å². The molecule has 1 aromatic rings. The van der Waals surface area contributed by atoms with E-state index in [2.05, 4.69) is 57.6 Å². The summed E-state index contributed by atoms with van der Waals surface area (Å²) in [5.74, 6) is 0.187. The number of carbonyl (C=O) groups excluding carboxylic acids is 1. The van der Waals surface area contributed by atoms with Crippen LogP contribution in [0.4, 0.5) is 0 Å². The molecule has 0 aliphatic rings. The van der Waals surface area contributed by atoms with Crippen LogP contribution in [0.15, 0.2) is 30.3 Å². The van der Waals surface area contributed by atoms with Crippen molar-refractivity contribution in [1.82, 2.24) is 5.32 Å². The van der Waals surface area contributed by atoms with E-state index in [-0.39, 0.29) is 11.9 Å². The molecule has 0 radical (unpaired) electrons. The van der Waals surface area contributed by atoms with E-state index < -0.39 is 0 Å². The van der Waals surface area contributed by atoms with Crippen molar-refractivity contribution in [2.45, 2.75) is 122 Å². The van der Waals surface area contributed by atoms with Crippen molar-refractivity contribution in [3.63, 3.8) is 0 Å². The Morgan fingerprint density at radius 3 is 1.55 bits per heavy atom. The van der Waals surface area contributed by atoms with Crippen molar-refractivity contribution in [3.8, 4) is 0 Å². The molecule has 1 aromatic carbocycles. The Balaban J connectivity index is 1.98. The summed E-state index contributed by atoms with van der Waals surface area (Å²) >= 11 is 0. The zero-order chi connectivity index (χ0) is 24.2. The molecule has 0 heterocycles. The molecule has 3 heteroatoms. The lowest BCUT2D eigenvalue weighted by Gasteiger charge is -2.33. The number of hydrogen-bond donors (Lipinski definition) is 1. The highest BCUT2D eigenvalue weighted by Crippen LogP contribution is 2.14. The van der Waals surface area contributed by atoms with Gasteiger partial charge in [-0.2, -0.15) is 0 Å². The maximum absolute atomic E-state index is 12.8. The van der Waals surface area contributed by atoms with Crippen LogP contribution in [0.5, 0.6) is 0 Å². The second kappa shape index (κ2) is 19.0. The lowest BCUT2D eigenvalue weighted by molar-refractivity contribution is -0.886. The van der Waals surface area contributed by atoms with Crippen LogP contribution >= 0.6 is 0 Å². The van der Waals surface area contributed by atoms with Crippen LogP contribution in [0, 0.1) is 0 Å². The third-order valence-electron chi connectivity index (χ3n) is 6.84. The predicted octanol–water partition coefficient (Wildman–Crippen LogP) is 7.68. The summed E-state index contributed by atoms with van der Waals surface area (Å²) in [4.78, 5) is 12.8. The quantitative estimate of drug-likeness (QED) is 0.148. The zero-order valence-corrected chi connectivity index (χ0v) is 22.5. The number of nitrogens with zero attached hydrogens (tertiary/aromatic N) is 1. The minimum Gasteiger partial charge on any atom is -0.351 e. The summed E-state index contributed by atoms with van der Waals surface area (Å²) in [6, 6.07) is 10.3. The minimum absolute atomic E-state index is 0.0477. The van der Waals surface area contributed by atoms with Crippen LogP contribution in [0.2, 0.25) is 0 Å². The van der Waals surface area contributed by atoms with Gasteiger partial charge in [-0.25, -0.2) is 0 Å². The van der Waals surface area contributed by atoms with Gasteiger partial charge in [-0.15, -0.1) is 0 Å². The number of carbonyl (C=O) groups is 1. The Kier molecular flexibility index (Phi) is 17.1. The van der Waals surface area contributed by atoms with Crippen molar-refractivity contribution in [2.24, 2.45) is 0 Å². The van der Waals surface area contributed by atoms with E-state index in [0.29, 0.717) is 4.48 Å². The molecule has 33 heavy (non-hydrogen) atoms. The SMILES string of the molecule is CCCCCCCCCCCCCCCCCCNC(=O)[C@@H](Cc1ccccc1)[N+](C)(C)C. The van der Waals surface area contributed by atoms with Gasteiger partial charge < -0.3 is 9.80 Å². The summed E-state index contributed by atoms with van der Waals surface area (Å²) in [5.41, 5.74) is 1.23. The molecule has 0 saturated heterocycles. The Morgan fingerprint density at radius 1 is 0.697 bits per heavy atom. The number of nitrogens with one attached hydrogen (secondary N) is 1. The van der Waals surface area contributed by atoms with Crippen LogP contribution in [-0.2, 0) is 11.2 Å². The van der Waals surface area contributed by atoms with E-state index in [1.807, 2.05) is 6.07 Å². The van der Waals surface area contributed by atoms with Crippen molar-refractivity contribution in [1.29, 1.82) is 0 Å². The molecule has 0 aliphatic carbocycles. The van der Waals surface area contributed by atoms with Gasteiger partial charge in [0.25, 0.3) is 5.91 Å². The van der Waals surface area contributed by atoms with Gasteiger partial charge in [-0.3, -0.25) is 4.79 Å². The smallest absolute Gasteiger partial charge is 0.278 e. The van der Waals surface area contributed by atoms with Crippen LogP contribution < -0.4 is 5.32 Å². The van der Waals surface area contributed by atoms with Crippen molar-refractivity contribution < 1.29 is 9.28 Å². The fraction of sp³-hybridized carbons (Fsp3) is 0.767. The molecule has 1 rings (SSSR count). The number of unbranched alkanes of at least 4 members (excludes halogenated alkanes) is 15. The Hall–Kier alpha value is -1.35. The van der Waals surface area contributed by atoms with E-state index >= 15 is 0 Å². The highest BCUT2D eigenvalue weighted by molar-refractivity contribution is 5.80. The average molecular weight is 460 g/mol. The first kappa shape index (κ1) is 29.7. The zero-order valence-electron chi connectivity index (χ0n) is 22.5. The first-order valence-electron chi connectivity index (χ1n) is 14.1. The Bertz CT molecular complexity index is 579. The summed E-state index contributed by atoms with van der Waals surface area (Å²) in [6.07, 6.45) is 22.8. The normalized spacial score (nSPS) is 12.6. The molecule has 190 valence electrons. The van der Waals surface area contributed by atoms with Crippen molar-refractivity contribution in [2.75, 3.05) is 27.7 Å². The summed E-state index contributed by atoms with van der Waals surface area (Å²) < 4.78 is 0.652. The van der Waals surface area contributed by atoms with E-state index in [9.17, 15) is 4.79 Å². The first-order chi connectivity index (χ1) is 15.9. The van der Waals surface area contributed by atoms with Crippen molar-refractivity contribution in [3.05, 3.63) is 35.9 Å². The molecule has 1 amide bonds. The fourth-order valence-electron chi connectivity index (χ4n) is 4.56. The van der Waals surface area contributed by atoms with Crippen molar-refractivity contribution >= 4 is 5.91 Å². The van der Waals surface area contributed by atoms with Crippen LogP contribution in [0.25, 0.3) is 0 Å². The number of amides is 1. The van der Waals surface area contributed by atoms with E-state index in [1.165, 1.54) is 102 Å². The predicted molar refractivity (Wildman–Crippen MR) is 145 cm³/mol. The summed E-state index contributed by atoms with van der Waals surface area (Å²) in [5, 5.41) is 3.20. The van der Waals surface area contributed by atoms with Gasteiger partial charge in [0.05, 0.1) is 21.1 Å². The molecule has 0 saturated carbocycles. The first-order valence-corrected chi connectivity index (χ1v) is 14.1. The third kappa shape index (κ3) is 16.0. The van der Waals surface area contributed by atoms with Crippen LogP contribution in [0.3, 0.4) is 0 Å². The molecular weight excluding hydrogens is 404 g/mol. The summed E-state index contributed by atoms with van der Waals surface area (Å²) in [6.45, 7) is 3.10. The third-order valence-corrected chi connectivity index (χ3v) is 6.84. The highest BCUT2D eigenvalue weighted by Gasteiger charge is 2.31. The molecule has 3 nitrogen and oxygen atoms in total. The maximum Gasteiger partial charge on any atom is 0.278 e.